The predicted octanol–water partition coefficient (Wildman–Crippen LogP) is 3.27. The molecule has 1 heterocycles. The van der Waals surface area contributed by atoms with E-state index in [1.54, 1.807) is 12.1 Å². The Morgan fingerprint density at radius 2 is 1.75 bits per heavy atom. The fourth-order valence-electron chi connectivity index (χ4n) is 2.71. The maximum absolute atomic E-state index is 11.6. The van der Waals surface area contributed by atoms with Crippen LogP contribution in [0.4, 0.5) is 0 Å². The number of carbonyl (C=O) groups is 1. The molecule has 2 aromatic carbocycles. The van der Waals surface area contributed by atoms with Crippen LogP contribution in [-0.4, -0.2) is 25.4 Å². The summed E-state index contributed by atoms with van der Waals surface area (Å²) in [7, 11) is -3.52. The van der Waals surface area contributed by atoms with Gasteiger partial charge in [0.05, 0.1) is 4.90 Å². The van der Waals surface area contributed by atoms with Gasteiger partial charge in [0.25, 0.3) is 0 Å². The predicted molar refractivity (Wildman–Crippen MR) is 112 cm³/mol. The zero-order valence-corrected chi connectivity index (χ0v) is 17.2. The number of hydrogen-bond acceptors (Lipinski definition) is 3. The van der Waals surface area contributed by atoms with Crippen molar-refractivity contribution in [3.8, 4) is 0 Å². The number of sulfonamides is 1. The Kier molecular flexibility index (Phi) is 7.37. The highest BCUT2D eigenvalue weighted by molar-refractivity contribution is 7.89. The first kappa shape index (κ1) is 21.7. The van der Waals surface area contributed by atoms with Gasteiger partial charge in [-0.3, -0.25) is 4.79 Å². The summed E-state index contributed by atoms with van der Waals surface area (Å²) < 4.78 is 21.4. The van der Waals surface area contributed by atoms with Crippen molar-refractivity contribution < 1.29 is 13.2 Å². The molecule has 0 aliphatic heterocycles. The molecular formula is C21H27N3O3S. The highest BCUT2D eigenvalue weighted by atomic mass is 32.2. The van der Waals surface area contributed by atoms with Crippen molar-refractivity contribution in [3.63, 3.8) is 0 Å². The summed E-state index contributed by atoms with van der Waals surface area (Å²) in [6.45, 7) is 5.83. The molecule has 0 radical (unpaired) electrons. The van der Waals surface area contributed by atoms with Crippen LogP contribution in [0, 0.1) is 6.92 Å². The summed E-state index contributed by atoms with van der Waals surface area (Å²) in [5.41, 5.74) is 3.35. The van der Waals surface area contributed by atoms with Gasteiger partial charge >= 0.3 is 0 Å². The fraction of sp³-hybridized carbons (Fsp3) is 0.286. The quantitative estimate of drug-likeness (QED) is 0.611. The molecule has 4 N–H and O–H groups in total. The Labute approximate surface area is 166 Å². The van der Waals surface area contributed by atoms with Crippen LogP contribution in [0.3, 0.4) is 0 Å². The van der Waals surface area contributed by atoms with Crippen LogP contribution >= 0.6 is 0 Å². The largest absolute Gasteiger partial charge is 0.361 e. The second-order valence-corrected chi connectivity index (χ2v) is 8.50. The van der Waals surface area contributed by atoms with E-state index < -0.39 is 10.0 Å². The molecule has 0 aliphatic carbocycles. The lowest BCUT2D eigenvalue weighted by Crippen LogP contribution is -2.30. The van der Waals surface area contributed by atoms with E-state index >= 15 is 0 Å². The number of nitrogens with two attached hydrogens (primary N) is 1. The van der Waals surface area contributed by atoms with Crippen molar-refractivity contribution in [1.82, 2.24) is 10.3 Å². The van der Waals surface area contributed by atoms with Crippen LogP contribution in [0.15, 0.2) is 59.6 Å². The van der Waals surface area contributed by atoms with E-state index in [1.807, 2.05) is 45.2 Å². The molecule has 1 aromatic heterocycles. The van der Waals surface area contributed by atoms with Gasteiger partial charge in [-0.15, -0.1) is 0 Å². The number of H-pyrrole nitrogens is 1. The monoisotopic (exact) mass is 401 g/mol. The molecule has 0 atom stereocenters. The third-order valence-corrected chi connectivity index (χ3v) is 5.02. The van der Waals surface area contributed by atoms with E-state index in [0.717, 1.165) is 17.5 Å². The average molecular weight is 402 g/mol. The molecule has 6 nitrogen and oxygen atoms in total. The summed E-state index contributed by atoms with van der Waals surface area (Å²) in [6, 6.07) is 14.8. The number of primary sulfonamides is 1. The van der Waals surface area contributed by atoms with Crippen LogP contribution < -0.4 is 10.5 Å². The summed E-state index contributed by atoms with van der Waals surface area (Å²) in [5.74, 6) is 0.116. The molecule has 0 bridgehead atoms. The molecule has 1 amide bonds. The third-order valence-electron chi connectivity index (χ3n) is 4.10. The van der Waals surface area contributed by atoms with Gasteiger partial charge in [0.2, 0.25) is 15.9 Å². The van der Waals surface area contributed by atoms with E-state index in [1.165, 1.54) is 23.1 Å². The van der Waals surface area contributed by atoms with Gasteiger partial charge in [0.15, 0.2) is 0 Å². The normalized spacial score (nSPS) is 11.2. The van der Waals surface area contributed by atoms with E-state index in [-0.39, 0.29) is 16.8 Å². The number of aryl methyl sites for hydroxylation is 2. The number of aromatic nitrogens is 1. The molecule has 0 unspecified atom stereocenters. The lowest BCUT2D eigenvalue weighted by Gasteiger charge is -2.07. The molecule has 28 heavy (non-hydrogen) atoms. The van der Waals surface area contributed by atoms with Gasteiger partial charge in [-0.2, -0.15) is 0 Å². The van der Waals surface area contributed by atoms with Crippen molar-refractivity contribution in [2.75, 3.05) is 0 Å². The molecule has 3 aromatic rings. The number of hydrogen-bond donors (Lipinski definition) is 3. The van der Waals surface area contributed by atoms with E-state index in [2.05, 4.69) is 16.4 Å². The first-order valence-electron chi connectivity index (χ1n) is 9.10. The number of aromatic amines is 1. The van der Waals surface area contributed by atoms with Gasteiger partial charge < -0.3 is 10.3 Å². The second-order valence-electron chi connectivity index (χ2n) is 6.94. The summed E-state index contributed by atoms with van der Waals surface area (Å²) in [4.78, 5) is 14.9. The molecule has 7 heteroatoms. The minimum Gasteiger partial charge on any atom is -0.361 e. The molecule has 150 valence electrons. The SMILES string of the molecule is CC(C)NC(=O)CCc1c[nH]c2ccccc12.Cc1ccc(S(N)(=O)=O)cc1. The highest BCUT2D eigenvalue weighted by Crippen LogP contribution is 2.18. The standard InChI is InChI=1S/C14H18N2O.C7H9NO2S/c1-10(2)16-14(17)8-7-11-9-15-13-6-4-3-5-12(11)13;1-6-2-4-7(5-3-6)11(8,9)10/h3-6,9-10,15H,7-8H2,1-2H3,(H,16,17);2-5H,1H3,(H2,8,9,10). The van der Waals surface area contributed by atoms with E-state index in [9.17, 15) is 13.2 Å². The highest BCUT2D eigenvalue weighted by Gasteiger charge is 2.07. The Hall–Kier alpha value is -2.64. The van der Waals surface area contributed by atoms with Crippen LogP contribution in [0.1, 0.15) is 31.4 Å². The van der Waals surface area contributed by atoms with Gasteiger partial charge in [0.1, 0.15) is 0 Å². The zero-order valence-electron chi connectivity index (χ0n) is 16.4. The summed E-state index contributed by atoms with van der Waals surface area (Å²) in [6.07, 6.45) is 3.32. The minimum absolute atomic E-state index is 0.116. The Balaban J connectivity index is 0.000000221. The Morgan fingerprint density at radius 1 is 1.11 bits per heavy atom. The molecule has 0 spiro atoms. The summed E-state index contributed by atoms with van der Waals surface area (Å²) >= 11 is 0. The van der Waals surface area contributed by atoms with Crippen LogP contribution in [-0.2, 0) is 21.2 Å². The van der Waals surface area contributed by atoms with Crippen molar-refractivity contribution in [2.24, 2.45) is 5.14 Å². The third kappa shape index (κ3) is 6.51. The first-order valence-corrected chi connectivity index (χ1v) is 10.7. The Bertz CT molecular complexity index is 1020. The number of benzene rings is 2. The molecule has 0 aliphatic rings. The topological polar surface area (TPSA) is 105 Å². The number of carbonyl (C=O) groups excluding carboxylic acids is 1. The van der Waals surface area contributed by atoms with Gasteiger partial charge in [-0.1, -0.05) is 35.9 Å². The van der Waals surface area contributed by atoms with Crippen molar-refractivity contribution in [1.29, 1.82) is 0 Å². The van der Waals surface area contributed by atoms with Crippen molar-refractivity contribution in [2.45, 2.75) is 44.6 Å². The number of para-hydroxylation sites is 1. The lowest BCUT2D eigenvalue weighted by atomic mass is 10.1. The average Bonchev–Trinajstić information content (AvgIpc) is 3.03. The minimum atomic E-state index is -3.52. The van der Waals surface area contributed by atoms with Crippen LogP contribution in [0.5, 0.6) is 0 Å². The smallest absolute Gasteiger partial charge is 0.238 e. The van der Waals surface area contributed by atoms with Gasteiger partial charge in [0, 0.05) is 29.6 Å². The lowest BCUT2D eigenvalue weighted by molar-refractivity contribution is -0.121. The van der Waals surface area contributed by atoms with Gasteiger partial charge in [-0.25, -0.2) is 13.6 Å². The first-order chi connectivity index (χ1) is 13.2. The zero-order chi connectivity index (χ0) is 20.7. The van der Waals surface area contributed by atoms with Crippen molar-refractivity contribution in [3.05, 3.63) is 65.9 Å². The van der Waals surface area contributed by atoms with Crippen LogP contribution in [0.2, 0.25) is 0 Å². The number of amides is 1. The van der Waals surface area contributed by atoms with Gasteiger partial charge in [-0.05, 0) is 51.0 Å². The molecule has 3 rings (SSSR count). The number of rotatable bonds is 5. The Morgan fingerprint density at radius 3 is 2.36 bits per heavy atom. The number of nitrogens with one attached hydrogen (secondary N) is 2. The van der Waals surface area contributed by atoms with Crippen LogP contribution in [0.25, 0.3) is 10.9 Å². The molecule has 0 saturated heterocycles. The molecule has 0 saturated carbocycles. The van der Waals surface area contributed by atoms with E-state index in [0.29, 0.717) is 6.42 Å². The number of fused-ring (bicyclic) bond motifs is 1. The summed E-state index contributed by atoms with van der Waals surface area (Å²) in [5, 5.41) is 9.00. The molecule has 0 fully saturated rings. The van der Waals surface area contributed by atoms with E-state index in [4.69, 9.17) is 5.14 Å². The second kappa shape index (κ2) is 9.52. The van der Waals surface area contributed by atoms with Crippen molar-refractivity contribution >= 4 is 26.8 Å². The molecular weight excluding hydrogens is 374 g/mol. The maximum Gasteiger partial charge on any atom is 0.238 e. The maximum atomic E-state index is 11.6. The fourth-order valence-corrected chi connectivity index (χ4v) is 3.22.